The quantitative estimate of drug-likeness (QED) is 0.176. The number of hydrogen-bond donors (Lipinski definition) is 0. The van der Waals surface area contributed by atoms with Gasteiger partial charge in [-0.25, -0.2) is 0 Å². The summed E-state index contributed by atoms with van der Waals surface area (Å²) in [6.45, 7) is 9.00. The Morgan fingerprint density at radius 2 is 1.38 bits per heavy atom. The molecule has 220 valence electrons. The first-order valence-corrected chi connectivity index (χ1v) is 26.0. The number of hydrogen-bond acceptors (Lipinski definition) is 3. The van der Waals surface area contributed by atoms with E-state index in [2.05, 4.69) is 25.7 Å². The molecule has 1 aromatic rings. The van der Waals surface area contributed by atoms with Crippen LogP contribution in [0.1, 0.15) is 116 Å². The molecular weight excluding hydrogens is 609 g/mol. The number of aryl methyl sites for hydroxylation is 1. The van der Waals surface area contributed by atoms with Crippen molar-refractivity contribution in [3.05, 3.63) is 29.8 Å². The van der Waals surface area contributed by atoms with E-state index in [1.807, 2.05) is 19.1 Å². The molecule has 1 unspecified atom stereocenters. The number of carbonyl (C=O) groups excluding carboxylic acids is 1. The predicted molar refractivity (Wildman–Crippen MR) is 166 cm³/mol. The molecule has 3 aliphatic rings. The molecule has 1 amide bonds. The Balaban J connectivity index is 1.54. The maximum absolute atomic E-state index is 14.2. The summed E-state index contributed by atoms with van der Waals surface area (Å²) in [4.78, 5) is 16.7. The van der Waals surface area contributed by atoms with E-state index in [9.17, 15) is 13.2 Å². The zero-order chi connectivity index (χ0) is 28.1. The van der Waals surface area contributed by atoms with Gasteiger partial charge < -0.3 is 0 Å². The fourth-order valence-corrected chi connectivity index (χ4v) is 27.2. The number of sulfone groups is 1. The van der Waals surface area contributed by atoms with Gasteiger partial charge in [0, 0.05) is 0 Å². The van der Waals surface area contributed by atoms with Crippen LogP contribution in [-0.4, -0.2) is 54.4 Å². The minimum atomic E-state index is -3.70. The molecule has 2 saturated heterocycles. The van der Waals surface area contributed by atoms with Gasteiger partial charge in [0.05, 0.1) is 0 Å². The third-order valence-electron chi connectivity index (χ3n) is 10.8. The molecule has 4 atom stereocenters. The molecule has 6 heteroatoms. The van der Waals surface area contributed by atoms with Crippen LogP contribution in [0.5, 0.6) is 0 Å². The van der Waals surface area contributed by atoms with Gasteiger partial charge >= 0.3 is 238 Å². The summed E-state index contributed by atoms with van der Waals surface area (Å²) in [6, 6.07) is 7.38. The van der Waals surface area contributed by atoms with Gasteiger partial charge in [0.25, 0.3) is 0 Å². The SMILES string of the molecule is CCC[CH2][Sn]([CH2]CCC)([CH2]CCC)[CH2]CC[C@H]1CCC[C@@]23CCC[C@@H]2C(S(=O)(=O)c2ccc(C)cc2)C(=O)N13. The van der Waals surface area contributed by atoms with E-state index in [0.717, 1.165) is 50.5 Å². The third-order valence-corrected chi connectivity index (χ3v) is 29.0. The van der Waals surface area contributed by atoms with Crippen LogP contribution in [-0.2, 0) is 14.6 Å². The van der Waals surface area contributed by atoms with Crippen molar-refractivity contribution in [3.8, 4) is 0 Å². The first kappa shape index (κ1) is 31.4. The van der Waals surface area contributed by atoms with Gasteiger partial charge in [-0.1, -0.05) is 0 Å². The molecule has 1 aromatic carbocycles. The molecule has 1 saturated carbocycles. The van der Waals surface area contributed by atoms with Crippen LogP contribution in [0, 0.1) is 12.8 Å². The molecule has 39 heavy (non-hydrogen) atoms. The summed E-state index contributed by atoms with van der Waals surface area (Å²) in [5.74, 6) is -0.112. The molecule has 4 rings (SSSR count). The average molecular weight is 665 g/mol. The van der Waals surface area contributed by atoms with Crippen molar-refractivity contribution in [3.63, 3.8) is 0 Å². The van der Waals surface area contributed by atoms with Crippen molar-refractivity contribution in [2.45, 2.75) is 157 Å². The minimum absolute atomic E-state index is 0.0453. The number of nitrogens with zero attached hydrogens (tertiary/aromatic N) is 1. The number of piperidine rings is 1. The normalized spacial score (nSPS) is 27.1. The number of rotatable bonds is 15. The molecule has 2 heterocycles. The average Bonchev–Trinajstić information content (AvgIpc) is 3.42. The van der Waals surface area contributed by atoms with Crippen molar-refractivity contribution in [2.75, 3.05) is 0 Å². The zero-order valence-electron chi connectivity index (χ0n) is 25.3. The summed E-state index contributed by atoms with van der Waals surface area (Å²) in [5, 5.41) is -0.889. The molecule has 0 radical (unpaired) electrons. The second kappa shape index (κ2) is 13.6. The standard InChI is InChI=1S/C21H28NO3S.3C4H9.Sn/c1-3-6-16-7-4-13-21-14-5-8-18(21)19(20(23)22(16)21)26(24,25)17-11-9-15(2)10-12-17;3*1-3-4-2;/h9-12,16,18-19H,1,3-8,13-14H2,2H3;3*1,3-4H2,2H3;/t16-,18+,19?,21+;;;;/m0..../s1. The van der Waals surface area contributed by atoms with Crippen LogP contribution < -0.4 is 0 Å². The van der Waals surface area contributed by atoms with Gasteiger partial charge in [0.15, 0.2) is 0 Å². The first-order valence-electron chi connectivity index (χ1n) is 16.4. The number of carbonyl (C=O) groups is 1. The van der Waals surface area contributed by atoms with Gasteiger partial charge in [-0.2, -0.15) is 0 Å². The van der Waals surface area contributed by atoms with Gasteiger partial charge in [0.1, 0.15) is 0 Å². The molecule has 0 bridgehead atoms. The molecule has 0 aromatic heterocycles. The summed E-state index contributed by atoms with van der Waals surface area (Å²) in [6.07, 6.45) is 16.6. The van der Waals surface area contributed by atoms with Gasteiger partial charge in [-0.3, -0.25) is 0 Å². The van der Waals surface area contributed by atoms with Crippen LogP contribution in [0.15, 0.2) is 29.2 Å². The Labute approximate surface area is 243 Å². The van der Waals surface area contributed by atoms with E-state index in [1.165, 1.54) is 49.4 Å². The Hall–Kier alpha value is -0.561. The monoisotopic (exact) mass is 665 g/mol. The third kappa shape index (κ3) is 6.44. The van der Waals surface area contributed by atoms with Crippen molar-refractivity contribution >= 4 is 34.1 Å². The van der Waals surface area contributed by atoms with Crippen LogP contribution in [0.2, 0.25) is 17.7 Å². The van der Waals surface area contributed by atoms with Crippen LogP contribution in [0.3, 0.4) is 0 Å². The van der Waals surface area contributed by atoms with Gasteiger partial charge in [-0.05, 0) is 6.92 Å². The van der Waals surface area contributed by atoms with Crippen LogP contribution in [0.4, 0.5) is 0 Å². The van der Waals surface area contributed by atoms with E-state index in [4.69, 9.17) is 0 Å². The van der Waals surface area contributed by atoms with Crippen molar-refractivity contribution < 1.29 is 13.2 Å². The maximum atomic E-state index is 14.2. The summed E-state index contributed by atoms with van der Waals surface area (Å²) in [7, 11) is -3.70. The summed E-state index contributed by atoms with van der Waals surface area (Å²) < 4.78 is 34.0. The van der Waals surface area contributed by atoms with E-state index < -0.39 is 33.5 Å². The van der Waals surface area contributed by atoms with E-state index in [1.54, 1.807) is 25.4 Å². The van der Waals surface area contributed by atoms with Crippen molar-refractivity contribution in [1.29, 1.82) is 0 Å². The van der Waals surface area contributed by atoms with Crippen LogP contribution >= 0.6 is 0 Å². The molecule has 3 fully saturated rings. The van der Waals surface area contributed by atoms with E-state index >= 15 is 0 Å². The first-order chi connectivity index (χ1) is 18.7. The number of benzene rings is 1. The summed E-state index contributed by atoms with van der Waals surface area (Å²) in [5.41, 5.74) is 0.829. The van der Waals surface area contributed by atoms with Gasteiger partial charge in [0.2, 0.25) is 0 Å². The number of unbranched alkanes of at least 4 members (excludes halogenated alkanes) is 3. The fraction of sp³-hybridized carbons (Fsp3) is 0.788. The topological polar surface area (TPSA) is 54.5 Å². The van der Waals surface area contributed by atoms with Crippen molar-refractivity contribution in [1.82, 2.24) is 4.90 Å². The number of amides is 1. The zero-order valence-corrected chi connectivity index (χ0v) is 29.0. The van der Waals surface area contributed by atoms with Gasteiger partial charge in [-0.15, -0.1) is 0 Å². The molecule has 0 N–H and O–H groups in total. The van der Waals surface area contributed by atoms with Crippen molar-refractivity contribution in [2.24, 2.45) is 5.92 Å². The fourth-order valence-electron chi connectivity index (χ4n) is 8.71. The van der Waals surface area contributed by atoms with Crippen LogP contribution in [0.25, 0.3) is 0 Å². The Morgan fingerprint density at radius 3 is 1.95 bits per heavy atom. The Morgan fingerprint density at radius 1 is 0.846 bits per heavy atom. The molecule has 1 aliphatic carbocycles. The Kier molecular flexibility index (Phi) is 10.9. The molecular formula is C33H55NO3SSn. The Bertz CT molecular complexity index is 1030. The summed E-state index contributed by atoms with van der Waals surface area (Å²) >= 11 is -2.21. The van der Waals surface area contributed by atoms with E-state index in [0.29, 0.717) is 4.90 Å². The molecule has 1 spiro atoms. The molecule has 4 nitrogen and oxygen atoms in total. The molecule has 2 aliphatic heterocycles. The van der Waals surface area contributed by atoms with E-state index in [-0.39, 0.29) is 23.4 Å². The second-order valence-electron chi connectivity index (χ2n) is 13.3. The predicted octanol–water partition coefficient (Wildman–Crippen LogP) is 8.70. The second-order valence-corrected chi connectivity index (χ2v) is 29.7.